The average molecular weight is 228 g/mol. The minimum atomic E-state index is 0.325. The van der Waals surface area contributed by atoms with Crippen molar-refractivity contribution in [3.63, 3.8) is 0 Å². The van der Waals surface area contributed by atoms with Gasteiger partial charge >= 0.3 is 0 Å². The van der Waals surface area contributed by atoms with E-state index in [1.165, 1.54) is 49.0 Å². The van der Waals surface area contributed by atoms with Crippen molar-refractivity contribution in [2.24, 2.45) is 0 Å². The van der Waals surface area contributed by atoms with Crippen LogP contribution in [0.3, 0.4) is 0 Å². The van der Waals surface area contributed by atoms with Gasteiger partial charge in [0, 0.05) is 5.41 Å². The Morgan fingerprint density at radius 3 is 2.71 bits per heavy atom. The first-order chi connectivity index (χ1) is 8.25. The van der Waals surface area contributed by atoms with E-state index in [0.717, 1.165) is 5.52 Å². The van der Waals surface area contributed by atoms with Gasteiger partial charge in [0.05, 0.1) is 11.0 Å². The number of aryl methyl sites for hydroxylation is 1. The summed E-state index contributed by atoms with van der Waals surface area (Å²) in [6.07, 6.45) is 6.49. The summed E-state index contributed by atoms with van der Waals surface area (Å²) in [5.41, 5.74) is 3.95. The molecule has 1 aromatic carbocycles. The summed E-state index contributed by atoms with van der Waals surface area (Å²) in [5, 5.41) is 0. The molecule has 0 atom stereocenters. The van der Waals surface area contributed by atoms with Crippen LogP contribution in [-0.4, -0.2) is 9.97 Å². The van der Waals surface area contributed by atoms with Crippen molar-refractivity contribution in [2.45, 2.75) is 51.4 Å². The predicted octanol–water partition coefficient (Wildman–Crippen LogP) is 4.09. The van der Waals surface area contributed by atoms with Crippen LogP contribution in [0, 0.1) is 6.92 Å². The molecule has 1 heterocycles. The van der Waals surface area contributed by atoms with Crippen molar-refractivity contribution >= 4 is 11.0 Å². The second-order valence-electron chi connectivity index (χ2n) is 5.40. The number of para-hydroxylation sites is 1. The van der Waals surface area contributed by atoms with Gasteiger partial charge in [-0.3, -0.25) is 0 Å². The number of imidazole rings is 1. The van der Waals surface area contributed by atoms with E-state index in [4.69, 9.17) is 4.98 Å². The molecule has 0 saturated heterocycles. The lowest BCUT2D eigenvalue weighted by atomic mass is 9.83. The van der Waals surface area contributed by atoms with E-state index in [1.807, 2.05) is 0 Å². The molecule has 3 rings (SSSR count). The minimum absolute atomic E-state index is 0.325. The number of nitrogens with zero attached hydrogens (tertiary/aromatic N) is 1. The van der Waals surface area contributed by atoms with E-state index in [2.05, 4.69) is 37.0 Å². The van der Waals surface area contributed by atoms with Crippen molar-refractivity contribution in [3.05, 3.63) is 29.6 Å². The molecule has 1 N–H and O–H groups in total. The number of hydrogen-bond donors (Lipinski definition) is 1. The van der Waals surface area contributed by atoms with Crippen molar-refractivity contribution in [1.29, 1.82) is 0 Å². The maximum absolute atomic E-state index is 4.88. The third kappa shape index (κ3) is 1.58. The largest absolute Gasteiger partial charge is 0.341 e. The second-order valence-corrected chi connectivity index (χ2v) is 5.40. The fourth-order valence-electron chi connectivity index (χ4n) is 3.24. The SMILES string of the molecule is CCC1(c2nc3c(C)cccc3[nH]2)CCCC1. The molecule has 0 aliphatic heterocycles. The number of hydrogen-bond acceptors (Lipinski definition) is 1. The summed E-state index contributed by atoms with van der Waals surface area (Å²) < 4.78 is 0. The lowest BCUT2D eigenvalue weighted by Gasteiger charge is -2.24. The standard InChI is InChI=1S/C15H20N2/c1-3-15(9-4-5-10-15)14-16-12-8-6-7-11(2)13(12)17-14/h6-8H,3-5,9-10H2,1-2H3,(H,16,17). The molecule has 90 valence electrons. The number of H-pyrrole nitrogens is 1. The Labute approximate surface area is 102 Å². The van der Waals surface area contributed by atoms with Crippen molar-refractivity contribution in [3.8, 4) is 0 Å². The first-order valence-electron chi connectivity index (χ1n) is 6.71. The minimum Gasteiger partial charge on any atom is -0.341 e. The maximum atomic E-state index is 4.88. The Morgan fingerprint density at radius 1 is 1.29 bits per heavy atom. The Hall–Kier alpha value is -1.31. The Balaban J connectivity index is 2.14. The molecule has 17 heavy (non-hydrogen) atoms. The zero-order chi connectivity index (χ0) is 11.9. The summed E-state index contributed by atoms with van der Waals surface area (Å²) in [6, 6.07) is 6.38. The number of rotatable bonds is 2. The van der Waals surface area contributed by atoms with Gasteiger partial charge in [-0.25, -0.2) is 4.98 Å². The van der Waals surface area contributed by atoms with Gasteiger partial charge in [-0.1, -0.05) is 31.9 Å². The maximum Gasteiger partial charge on any atom is 0.113 e. The average Bonchev–Trinajstić information content (AvgIpc) is 2.96. The number of aromatic nitrogens is 2. The molecule has 1 saturated carbocycles. The van der Waals surface area contributed by atoms with E-state index >= 15 is 0 Å². The molecule has 0 spiro atoms. The van der Waals surface area contributed by atoms with Crippen molar-refractivity contribution < 1.29 is 0 Å². The summed E-state index contributed by atoms with van der Waals surface area (Å²) in [6.45, 7) is 4.44. The number of nitrogens with one attached hydrogen (secondary N) is 1. The topological polar surface area (TPSA) is 28.7 Å². The lowest BCUT2D eigenvalue weighted by Crippen LogP contribution is -2.22. The van der Waals surface area contributed by atoms with Crippen molar-refractivity contribution in [2.75, 3.05) is 0 Å². The van der Waals surface area contributed by atoms with E-state index in [-0.39, 0.29) is 0 Å². The van der Waals surface area contributed by atoms with Gasteiger partial charge in [-0.15, -0.1) is 0 Å². The monoisotopic (exact) mass is 228 g/mol. The first-order valence-corrected chi connectivity index (χ1v) is 6.71. The van der Waals surface area contributed by atoms with E-state index in [9.17, 15) is 0 Å². The van der Waals surface area contributed by atoms with Gasteiger partial charge in [0.1, 0.15) is 5.82 Å². The lowest BCUT2D eigenvalue weighted by molar-refractivity contribution is 0.403. The summed E-state index contributed by atoms with van der Waals surface area (Å²) >= 11 is 0. The molecule has 2 nitrogen and oxygen atoms in total. The van der Waals surface area contributed by atoms with Crippen LogP contribution in [0.15, 0.2) is 18.2 Å². The molecule has 1 fully saturated rings. The number of benzene rings is 1. The Bertz CT molecular complexity index is 533. The highest BCUT2D eigenvalue weighted by Gasteiger charge is 2.36. The molecule has 0 unspecified atom stereocenters. The van der Waals surface area contributed by atoms with Crippen LogP contribution in [0.1, 0.15) is 50.4 Å². The molecule has 0 bridgehead atoms. The van der Waals surface area contributed by atoms with Crippen LogP contribution in [0.25, 0.3) is 11.0 Å². The van der Waals surface area contributed by atoms with Gasteiger partial charge in [0.25, 0.3) is 0 Å². The summed E-state index contributed by atoms with van der Waals surface area (Å²) in [4.78, 5) is 8.44. The molecule has 0 radical (unpaired) electrons. The molecule has 1 aromatic heterocycles. The highest BCUT2D eigenvalue weighted by molar-refractivity contribution is 5.78. The second kappa shape index (κ2) is 3.86. The molecule has 1 aliphatic carbocycles. The molecule has 2 aromatic rings. The third-order valence-corrected chi connectivity index (χ3v) is 4.45. The zero-order valence-corrected chi connectivity index (χ0v) is 10.7. The van der Waals surface area contributed by atoms with Gasteiger partial charge in [0.15, 0.2) is 0 Å². The molecule has 1 aliphatic rings. The predicted molar refractivity (Wildman–Crippen MR) is 71.3 cm³/mol. The molecule has 0 amide bonds. The Morgan fingerprint density at radius 2 is 2.06 bits per heavy atom. The molecular formula is C15H20N2. The van der Waals surface area contributed by atoms with Gasteiger partial charge < -0.3 is 4.98 Å². The van der Waals surface area contributed by atoms with Crippen molar-refractivity contribution in [1.82, 2.24) is 9.97 Å². The first kappa shape index (κ1) is 10.8. The third-order valence-electron chi connectivity index (χ3n) is 4.45. The molecular weight excluding hydrogens is 208 g/mol. The van der Waals surface area contributed by atoms with Gasteiger partial charge in [0.2, 0.25) is 0 Å². The highest BCUT2D eigenvalue weighted by Crippen LogP contribution is 2.42. The van der Waals surface area contributed by atoms with Gasteiger partial charge in [-0.2, -0.15) is 0 Å². The quantitative estimate of drug-likeness (QED) is 0.824. The fraction of sp³-hybridized carbons (Fsp3) is 0.533. The molecule has 2 heteroatoms. The highest BCUT2D eigenvalue weighted by atomic mass is 14.9. The number of fused-ring (bicyclic) bond motifs is 1. The van der Waals surface area contributed by atoms with Crippen LogP contribution in [-0.2, 0) is 5.41 Å². The normalized spacial score (nSPS) is 18.9. The van der Waals surface area contributed by atoms with Crippen LogP contribution in [0.2, 0.25) is 0 Å². The smallest absolute Gasteiger partial charge is 0.113 e. The van der Waals surface area contributed by atoms with Crippen LogP contribution in [0.5, 0.6) is 0 Å². The summed E-state index contributed by atoms with van der Waals surface area (Å²) in [7, 11) is 0. The van der Waals surface area contributed by atoms with E-state index < -0.39 is 0 Å². The van der Waals surface area contributed by atoms with Crippen LogP contribution >= 0.6 is 0 Å². The van der Waals surface area contributed by atoms with E-state index in [1.54, 1.807) is 0 Å². The fourth-order valence-corrected chi connectivity index (χ4v) is 3.24. The Kier molecular flexibility index (Phi) is 2.46. The van der Waals surface area contributed by atoms with Crippen LogP contribution in [0.4, 0.5) is 0 Å². The van der Waals surface area contributed by atoms with Gasteiger partial charge in [-0.05, 0) is 37.8 Å². The summed E-state index contributed by atoms with van der Waals surface area (Å²) in [5.74, 6) is 1.22. The van der Waals surface area contributed by atoms with E-state index in [0.29, 0.717) is 5.41 Å². The number of aromatic amines is 1. The zero-order valence-electron chi connectivity index (χ0n) is 10.7. The van der Waals surface area contributed by atoms with Crippen LogP contribution < -0.4 is 0 Å².